The van der Waals surface area contributed by atoms with Gasteiger partial charge in [0.05, 0.1) is 24.3 Å². The van der Waals surface area contributed by atoms with Crippen LogP contribution in [0.5, 0.6) is 5.75 Å². The topological polar surface area (TPSA) is 76.7 Å². The third-order valence-electron chi connectivity index (χ3n) is 6.35. The molecule has 3 rings (SSSR count). The summed E-state index contributed by atoms with van der Waals surface area (Å²) in [7, 11) is 1.56. The Labute approximate surface area is 201 Å². The molecule has 0 aromatic heterocycles. The number of nitrogens with one attached hydrogen (secondary N) is 2. The number of ether oxygens (including phenoxy) is 2. The quantitative estimate of drug-likeness (QED) is 0.454. The van der Waals surface area contributed by atoms with Gasteiger partial charge in [-0.1, -0.05) is 42.5 Å². The largest absolute Gasteiger partial charge is 0.495 e. The van der Waals surface area contributed by atoms with Gasteiger partial charge in [-0.2, -0.15) is 12.6 Å². The zero-order valence-corrected chi connectivity index (χ0v) is 20.3. The van der Waals surface area contributed by atoms with Crippen LogP contribution in [0.3, 0.4) is 0 Å². The van der Waals surface area contributed by atoms with E-state index < -0.39 is 11.5 Å². The van der Waals surface area contributed by atoms with Gasteiger partial charge in [-0.05, 0) is 50.3 Å². The van der Waals surface area contributed by atoms with Crippen LogP contribution < -0.4 is 15.4 Å². The van der Waals surface area contributed by atoms with Gasteiger partial charge in [0.1, 0.15) is 11.8 Å². The van der Waals surface area contributed by atoms with E-state index in [4.69, 9.17) is 9.47 Å². The van der Waals surface area contributed by atoms with Crippen LogP contribution in [0.15, 0.2) is 54.6 Å². The molecule has 1 fully saturated rings. The van der Waals surface area contributed by atoms with Gasteiger partial charge in [-0.3, -0.25) is 9.59 Å². The van der Waals surface area contributed by atoms with Crippen LogP contribution in [0, 0.1) is 5.41 Å². The number of methoxy groups -OCH3 is 1. The van der Waals surface area contributed by atoms with Gasteiger partial charge < -0.3 is 20.1 Å². The van der Waals surface area contributed by atoms with Gasteiger partial charge in [0.25, 0.3) is 0 Å². The van der Waals surface area contributed by atoms with Crippen molar-refractivity contribution in [1.29, 1.82) is 0 Å². The van der Waals surface area contributed by atoms with Gasteiger partial charge in [0.2, 0.25) is 11.8 Å². The van der Waals surface area contributed by atoms with Crippen LogP contribution in [0.25, 0.3) is 0 Å². The van der Waals surface area contributed by atoms with Crippen LogP contribution in [-0.2, 0) is 20.7 Å². The van der Waals surface area contributed by atoms with Gasteiger partial charge >= 0.3 is 0 Å². The van der Waals surface area contributed by atoms with Crippen LogP contribution in [0.4, 0.5) is 5.69 Å². The molecule has 2 N–H and O–H groups in total. The first-order valence-corrected chi connectivity index (χ1v) is 12.2. The van der Waals surface area contributed by atoms with Crippen molar-refractivity contribution in [1.82, 2.24) is 5.32 Å². The SMILES string of the molecule is CCO[C@H]1CC[C@@](CS)(C(=O)N[C@@H](Cc2ccccc2)C(=O)Nc2ccccc2OC)CC1. The summed E-state index contributed by atoms with van der Waals surface area (Å²) in [6, 6.07) is 16.2. The predicted octanol–water partition coefficient (Wildman–Crippen LogP) is 4.26. The molecular formula is C26H34N2O4S. The molecule has 2 amide bonds. The van der Waals surface area contributed by atoms with Crippen LogP contribution in [0.2, 0.25) is 0 Å². The number of carbonyl (C=O) groups excluding carboxylic acids is 2. The fraction of sp³-hybridized carbons (Fsp3) is 0.462. The lowest BCUT2D eigenvalue weighted by Gasteiger charge is -2.38. The molecule has 7 heteroatoms. The third kappa shape index (κ3) is 6.51. The van der Waals surface area contributed by atoms with Gasteiger partial charge in [0.15, 0.2) is 0 Å². The zero-order chi connectivity index (χ0) is 23.7. The molecule has 0 spiro atoms. The van der Waals surface area contributed by atoms with E-state index in [0.29, 0.717) is 43.1 Å². The number of hydrogen-bond acceptors (Lipinski definition) is 5. The minimum atomic E-state index is -0.730. The number of thiol groups is 1. The predicted molar refractivity (Wildman–Crippen MR) is 134 cm³/mol. The Morgan fingerprint density at radius 2 is 1.76 bits per heavy atom. The fourth-order valence-corrected chi connectivity index (χ4v) is 4.80. The second kappa shape index (κ2) is 12.1. The lowest BCUT2D eigenvalue weighted by Crippen LogP contribution is -2.53. The molecule has 1 aliphatic rings. The first-order chi connectivity index (χ1) is 16.0. The molecule has 33 heavy (non-hydrogen) atoms. The average Bonchev–Trinajstić information content (AvgIpc) is 2.85. The minimum absolute atomic E-state index is 0.122. The monoisotopic (exact) mass is 470 g/mol. The van der Waals surface area contributed by atoms with Crippen LogP contribution in [-0.4, -0.2) is 43.4 Å². The Morgan fingerprint density at radius 3 is 2.39 bits per heavy atom. The number of para-hydroxylation sites is 2. The fourth-order valence-electron chi connectivity index (χ4n) is 4.34. The Hall–Kier alpha value is -2.51. The van der Waals surface area contributed by atoms with E-state index in [0.717, 1.165) is 18.4 Å². The highest BCUT2D eigenvalue weighted by Gasteiger charge is 2.42. The lowest BCUT2D eigenvalue weighted by atomic mass is 9.73. The first-order valence-electron chi connectivity index (χ1n) is 11.5. The molecule has 1 atom stereocenters. The van der Waals surface area contributed by atoms with E-state index >= 15 is 0 Å². The normalized spacial score (nSPS) is 21.1. The highest BCUT2D eigenvalue weighted by molar-refractivity contribution is 7.80. The third-order valence-corrected chi connectivity index (χ3v) is 6.95. The molecule has 2 aromatic rings. The second-order valence-electron chi connectivity index (χ2n) is 8.50. The molecule has 0 saturated heterocycles. The Balaban J connectivity index is 1.77. The molecule has 0 bridgehead atoms. The summed E-state index contributed by atoms with van der Waals surface area (Å²) in [6.45, 7) is 2.66. The molecule has 1 aliphatic carbocycles. The van der Waals surface area contributed by atoms with Gasteiger partial charge in [-0.25, -0.2) is 0 Å². The molecule has 6 nitrogen and oxygen atoms in total. The van der Waals surface area contributed by atoms with E-state index in [1.54, 1.807) is 19.2 Å². The summed E-state index contributed by atoms with van der Waals surface area (Å²) in [5.74, 6) is 0.596. The number of carbonyl (C=O) groups is 2. The van der Waals surface area contributed by atoms with Crippen molar-refractivity contribution in [2.75, 3.05) is 24.8 Å². The Bertz CT molecular complexity index is 914. The van der Waals surface area contributed by atoms with Crippen LogP contribution >= 0.6 is 12.6 Å². The van der Waals surface area contributed by atoms with E-state index in [1.165, 1.54) is 0 Å². The lowest BCUT2D eigenvalue weighted by molar-refractivity contribution is -0.136. The number of anilines is 1. The van der Waals surface area contributed by atoms with Gasteiger partial charge in [-0.15, -0.1) is 0 Å². The van der Waals surface area contributed by atoms with E-state index in [-0.39, 0.29) is 17.9 Å². The number of amides is 2. The van der Waals surface area contributed by atoms with Gasteiger partial charge in [0, 0.05) is 18.8 Å². The van der Waals surface area contributed by atoms with Crippen molar-refractivity contribution in [3.63, 3.8) is 0 Å². The number of benzene rings is 2. The average molecular weight is 471 g/mol. The Kier molecular flexibility index (Phi) is 9.21. The summed E-state index contributed by atoms with van der Waals surface area (Å²) in [5, 5.41) is 5.98. The number of hydrogen-bond donors (Lipinski definition) is 3. The smallest absolute Gasteiger partial charge is 0.247 e. The van der Waals surface area contributed by atoms with Crippen molar-refractivity contribution in [3.8, 4) is 5.75 Å². The molecule has 0 heterocycles. The summed E-state index contributed by atoms with van der Waals surface area (Å²) in [6.07, 6.45) is 3.60. The summed E-state index contributed by atoms with van der Waals surface area (Å²) in [4.78, 5) is 26.8. The Morgan fingerprint density at radius 1 is 1.09 bits per heavy atom. The molecule has 0 unspecified atom stereocenters. The molecule has 2 aromatic carbocycles. The van der Waals surface area contributed by atoms with Crippen molar-refractivity contribution in [3.05, 3.63) is 60.2 Å². The standard InChI is InChI=1S/C26H34N2O4S/c1-3-32-20-13-15-26(18-33,16-14-20)25(30)28-22(17-19-9-5-4-6-10-19)24(29)27-21-11-7-8-12-23(21)31-2/h4-12,20,22,33H,3,13-18H2,1-2H3,(H,27,29)(H,28,30)/t20-,22-,26+/m0/s1. The maximum atomic E-state index is 13.5. The van der Waals surface area contributed by atoms with E-state index in [1.807, 2.05) is 49.4 Å². The zero-order valence-electron chi connectivity index (χ0n) is 19.4. The van der Waals surface area contributed by atoms with E-state index in [9.17, 15) is 9.59 Å². The van der Waals surface area contributed by atoms with Crippen molar-refractivity contribution in [2.45, 2.75) is 51.2 Å². The summed E-state index contributed by atoms with van der Waals surface area (Å²) in [5.41, 5.74) is 0.938. The molecule has 178 valence electrons. The maximum absolute atomic E-state index is 13.5. The molecule has 0 aliphatic heterocycles. The van der Waals surface area contributed by atoms with Crippen molar-refractivity contribution in [2.24, 2.45) is 5.41 Å². The summed E-state index contributed by atoms with van der Waals surface area (Å²) < 4.78 is 11.1. The van der Waals surface area contributed by atoms with E-state index in [2.05, 4.69) is 23.3 Å². The summed E-state index contributed by atoms with van der Waals surface area (Å²) >= 11 is 4.53. The van der Waals surface area contributed by atoms with Crippen molar-refractivity contribution < 1.29 is 19.1 Å². The van der Waals surface area contributed by atoms with Crippen LogP contribution in [0.1, 0.15) is 38.2 Å². The number of rotatable bonds is 10. The minimum Gasteiger partial charge on any atom is -0.495 e. The molecule has 1 saturated carbocycles. The highest BCUT2D eigenvalue weighted by Crippen LogP contribution is 2.39. The molecular weight excluding hydrogens is 436 g/mol. The second-order valence-corrected chi connectivity index (χ2v) is 8.81. The maximum Gasteiger partial charge on any atom is 0.247 e. The highest BCUT2D eigenvalue weighted by atomic mass is 32.1. The first kappa shape index (κ1) is 25.1. The molecule has 0 radical (unpaired) electrons. The van der Waals surface area contributed by atoms with Crippen molar-refractivity contribution >= 4 is 30.1 Å².